The number of ether oxygens (including phenoxy) is 1. The monoisotopic (exact) mass is 349 g/mol. The van der Waals surface area contributed by atoms with Crippen LogP contribution in [0.4, 0.5) is 5.69 Å². The molecule has 0 fully saturated rings. The van der Waals surface area contributed by atoms with Crippen LogP contribution in [-0.4, -0.2) is 68.9 Å². The molecule has 2 rings (SSSR count). The van der Waals surface area contributed by atoms with Gasteiger partial charge in [-0.05, 0) is 32.2 Å². The van der Waals surface area contributed by atoms with E-state index in [9.17, 15) is 9.90 Å². The third-order valence-electron chi connectivity index (χ3n) is 4.82. The Kier molecular flexibility index (Phi) is 6.67. The normalized spacial score (nSPS) is 22.3. The minimum atomic E-state index is -0.205. The lowest BCUT2D eigenvalue weighted by Gasteiger charge is -2.32. The van der Waals surface area contributed by atoms with E-state index in [2.05, 4.69) is 12.2 Å². The molecule has 3 atom stereocenters. The van der Waals surface area contributed by atoms with Crippen molar-refractivity contribution in [2.45, 2.75) is 32.4 Å². The molecular weight excluding hydrogens is 318 g/mol. The summed E-state index contributed by atoms with van der Waals surface area (Å²) in [7, 11) is 5.86. The number of anilines is 1. The third kappa shape index (κ3) is 4.64. The maximum atomic E-state index is 12.9. The second kappa shape index (κ2) is 8.54. The lowest BCUT2D eigenvalue weighted by molar-refractivity contribution is -0.134. The molecule has 1 aromatic rings. The van der Waals surface area contributed by atoms with Gasteiger partial charge in [0.05, 0.1) is 19.1 Å². The first-order chi connectivity index (χ1) is 11.9. The molecule has 2 N–H and O–H groups in total. The maximum Gasteiger partial charge on any atom is 0.227 e. The number of fused-ring (bicyclic) bond motifs is 1. The number of benzene rings is 1. The highest BCUT2D eigenvalue weighted by atomic mass is 16.5. The van der Waals surface area contributed by atoms with Gasteiger partial charge in [0.2, 0.25) is 5.91 Å². The van der Waals surface area contributed by atoms with Crippen molar-refractivity contribution in [3.63, 3.8) is 0 Å². The van der Waals surface area contributed by atoms with Crippen LogP contribution in [0.1, 0.15) is 19.4 Å². The van der Waals surface area contributed by atoms with Crippen LogP contribution in [0.5, 0.6) is 5.75 Å². The van der Waals surface area contributed by atoms with Crippen molar-refractivity contribution in [3.05, 3.63) is 23.8 Å². The minimum absolute atomic E-state index is 0.0271. The van der Waals surface area contributed by atoms with E-state index in [1.807, 2.05) is 51.2 Å². The van der Waals surface area contributed by atoms with Crippen LogP contribution >= 0.6 is 0 Å². The van der Waals surface area contributed by atoms with Crippen molar-refractivity contribution in [2.75, 3.05) is 45.7 Å². The molecule has 0 aromatic heterocycles. The van der Waals surface area contributed by atoms with Gasteiger partial charge < -0.3 is 25.0 Å². The SMILES string of the molecule is CNC[C@H]1Oc2ccc(N(C)C)cc2CC(=O)N([C@H](C)CO)C[C@H]1C. The van der Waals surface area contributed by atoms with Gasteiger partial charge in [-0.25, -0.2) is 0 Å². The zero-order valence-corrected chi connectivity index (χ0v) is 16.0. The molecule has 0 saturated heterocycles. The van der Waals surface area contributed by atoms with Crippen molar-refractivity contribution in [3.8, 4) is 5.75 Å². The Balaban J connectivity index is 2.44. The van der Waals surface area contributed by atoms with Gasteiger partial charge in [-0.2, -0.15) is 0 Å². The zero-order valence-electron chi connectivity index (χ0n) is 16.0. The molecule has 0 bridgehead atoms. The molecule has 1 heterocycles. The molecule has 1 aliphatic heterocycles. The van der Waals surface area contributed by atoms with Gasteiger partial charge in [-0.1, -0.05) is 6.92 Å². The minimum Gasteiger partial charge on any atom is -0.488 e. The van der Waals surface area contributed by atoms with Crippen LogP contribution in [0.15, 0.2) is 18.2 Å². The summed E-state index contributed by atoms with van der Waals surface area (Å²) >= 11 is 0. The Labute approximate surface area is 150 Å². The average molecular weight is 349 g/mol. The smallest absolute Gasteiger partial charge is 0.227 e. The molecule has 1 amide bonds. The number of hydrogen-bond acceptors (Lipinski definition) is 5. The predicted molar refractivity (Wildman–Crippen MR) is 100 cm³/mol. The van der Waals surface area contributed by atoms with Gasteiger partial charge in [0, 0.05) is 44.4 Å². The number of nitrogens with one attached hydrogen (secondary N) is 1. The van der Waals surface area contributed by atoms with Crippen molar-refractivity contribution < 1.29 is 14.6 Å². The van der Waals surface area contributed by atoms with Gasteiger partial charge in [-0.3, -0.25) is 4.79 Å². The van der Waals surface area contributed by atoms with E-state index in [0.29, 0.717) is 13.1 Å². The molecule has 0 aliphatic carbocycles. The van der Waals surface area contributed by atoms with Crippen LogP contribution in [0.25, 0.3) is 0 Å². The van der Waals surface area contributed by atoms with Gasteiger partial charge in [-0.15, -0.1) is 0 Å². The second-order valence-electron chi connectivity index (χ2n) is 7.13. The van der Waals surface area contributed by atoms with E-state index in [1.54, 1.807) is 4.90 Å². The number of nitrogens with zero attached hydrogens (tertiary/aromatic N) is 2. The molecule has 0 radical (unpaired) electrons. The molecule has 140 valence electrons. The highest BCUT2D eigenvalue weighted by Crippen LogP contribution is 2.29. The maximum absolute atomic E-state index is 12.9. The number of likely N-dealkylation sites (N-methyl/N-ethyl adjacent to an activating group) is 1. The summed E-state index contributed by atoms with van der Waals surface area (Å²) in [5, 5.41) is 12.7. The van der Waals surface area contributed by atoms with Crippen LogP contribution in [0.3, 0.4) is 0 Å². The first-order valence-electron chi connectivity index (χ1n) is 8.89. The highest BCUT2D eigenvalue weighted by molar-refractivity contribution is 5.80. The summed E-state index contributed by atoms with van der Waals surface area (Å²) < 4.78 is 6.29. The van der Waals surface area contributed by atoms with Crippen LogP contribution < -0.4 is 15.0 Å². The summed E-state index contributed by atoms with van der Waals surface area (Å²) in [6.45, 7) is 5.20. The highest BCUT2D eigenvalue weighted by Gasteiger charge is 2.30. The van der Waals surface area contributed by atoms with Gasteiger partial charge in [0.15, 0.2) is 0 Å². The molecule has 25 heavy (non-hydrogen) atoms. The fourth-order valence-corrected chi connectivity index (χ4v) is 3.14. The molecule has 0 spiro atoms. The average Bonchev–Trinajstić information content (AvgIpc) is 2.63. The molecule has 1 aliphatic rings. The predicted octanol–water partition coefficient (Wildman–Crippen LogP) is 1.12. The summed E-state index contributed by atoms with van der Waals surface area (Å²) in [5.41, 5.74) is 1.93. The lowest BCUT2D eigenvalue weighted by Crippen LogP contribution is -2.47. The molecule has 6 heteroatoms. The Bertz CT molecular complexity index is 591. The Morgan fingerprint density at radius 2 is 2.16 bits per heavy atom. The topological polar surface area (TPSA) is 65.0 Å². The summed E-state index contributed by atoms with van der Waals surface area (Å²) in [4.78, 5) is 16.7. The molecule has 0 saturated carbocycles. The summed E-state index contributed by atoms with van der Waals surface area (Å²) in [6.07, 6.45) is 0.230. The first kappa shape index (κ1) is 19.5. The number of rotatable bonds is 5. The van der Waals surface area contributed by atoms with Crippen LogP contribution in [0.2, 0.25) is 0 Å². The van der Waals surface area contributed by atoms with E-state index in [1.165, 1.54) is 0 Å². The number of carbonyl (C=O) groups is 1. The number of amides is 1. The quantitative estimate of drug-likeness (QED) is 0.834. The Morgan fingerprint density at radius 3 is 2.76 bits per heavy atom. The van der Waals surface area contributed by atoms with Gasteiger partial charge in [0.25, 0.3) is 0 Å². The fourth-order valence-electron chi connectivity index (χ4n) is 3.14. The largest absolute Gasteiger partial charge is 0.488 e. The number of carbonyl (C=O) groups excluding carboxylic acids is 1. The van der Waals surface area contributed by atoms with Gasteiger partial charge in [0.1, 0.15) is 11.9 Å². The first-order valence-corrected chi connectivity index (χ1v) is 8.89. The molecular formula is C19H31N3O3. The Morgan fingerprint density at radius 1 is 1.44 bits per heavy atom. The zero-order chi connectivity index (χ0) is 18.6. The van der Waals surface area contributed by atoms with E-state index < -0.39 is 0 Å². The van der Waals surface area contributed by atoms with Crippen molar-refractivity contribution in [1.29, 1.82) is 0 Å². The molecule has 0 unspecified atom stereocenters. The number of hydrogen-bond donors (Lipinski definition) is 2. The van der Waals surface area contributed by atoms with Crippen LogP contribution in [0, 0.1) is 5.92 Å². The molecule has 1 aromatic carbocycles. The van der Waals surface area contributed by atoms with E-state index in [4.69, 9.17) is 4.74 Å². The second-order valence-corrected chi connectivity index (χ2v) is 7.13. The summed E-state index contributed by atoms with van der Waals surface area (Å²) in [5.74, 6) is 0.939. The number of aliphatic hydroxyl groups is 1. The van der Waals surface area contributed by atoms with Crippen molar-refractivity contribution >= 4 is 11.6 Å². The lowest BCUT2D eigenvalue weighted by atomic mass is 10.0. The van der Waals surface area contributed by atoms with E-state index >= 15 is 0 Å². The van der Waals surface area contributed by atoms with E-state index in [0.717, 1.165) is 17.0 Å². The van der Waals surface area contributed by atoms with Crippen molar-refractivity contribution in [1.82, 2.24) is 10.2 Å². The van der Waals surface area contributed by atoms with Crippen molar-refractivity contribution in [2.24, 2.45) is 5.92 Å². The summed E-state index contributed by atoms with van der Waals surface area (Å²) in [6, 6.07) is 5.78. The standard InChI is InChI=1S/C19H31N3O3/c1-13-11-22(14(2)12-23)19(24)9-15-8-16(21(4)5)6-7-17(15)25-18(13)10-20-3/h6-8,13-14,18,20,23H,9-12H2,1-5H3/t13-,14-,18-/m1/s1. The van der Waals surface area contributed by atoms with Gasteiger partial charge >= 0.3 is 0 Å². The Hall–Kier alpha value is -1.79. The fraction of sp³-hybridized carbons (Fsp3) is 0.632. The number of aliphatic hydroxyl groups excluding tert-OH is 1. The molecule has 6 nitrogen and oxygen atoms in total. The van der Waals surface area contributed by atoms with Crippen LogP contribution in [-0.2, 0) is 11.2 Å². The third-order valence-corrected chi connectivity index (χ3v) is 4.82. The van der Waals surface area contributed by atoms with E-state index in [-0.39, 0.29) is 37.0 Å².